The first-order valence-electron chi connectivity index (χ1n) is 5.74. The molecule has 6 heteroatoms. The van der Waals surface area contributed by atoms with E-state index in [0.29, 0.717) is 5.69 Å². The minimum absolute atomic E-state index is 0.149. The van der Waals surface area contributed by atoms with E-state index in [1.807, 2.05) is 0 Å². The Kier molecular flexibility index (Phi) is 3.74. The number of alkyl halides is 3. The summed E-state index contributed by atoms with van der Waals surface area (Å²) in [5, 5.41) is 9.21. The molecule has 2 aromatic carbocycles. The van der Waals surface area contributed by atoms with Gasteiger partial charge in [0, 0.05) is 18.4 Å². The molecule has 0 bridgehead atoms. The van der Waals surface area contributed by atoms with E-state index in [9.17, 15) is 18.3 Å². The van der Waals surface area contributed by atoms with Crippen LogP contribution in [-0.2, 0) is 0 Å². The van der Waals surface area contributed by atoms with Gasteiger partial charge in [0.25, 0.3) is 0 Å². The highest BCUT2D eigenvalue weighted by atomic mass is 19.4. The number of phenols is 1. The topological polar surface area (TPSA) is 32.7 Å². The normalized spacial score (nSPS) is 11.2. The van der Waals surface area contributed by atoms with Gasteiger partial charge in [-0.05, 0) is 48.5 Å². The van der Waals surface area contributed by atoms with Crippen molar-refractivity contribution in [2.24, 2.45) is 0 Å². The number of aromatic hydroxyl groups is 1. The molecule has 0 spiro atoms. The SMILES string of the molecule is CN(c1ccc(O)cc1)c1ccc(OC(F)(F)F)cc1. The maximum Gasteiger partial charge on any atom is 0.573 e. The lowest BCUT2D eigenvalue weighted by Crippen LogP contribution is -2.17. The fourth-order valence-electron chi connectivity index (χ4n) is 1.70. The zero-order valence-electron chi connectivity index (χ0n) is 10.6. The number of anilines is 2. The minimum Gasteiger partial charge on any atom is -0.508 e. The van der Waals surface area contributed by atoms with E-state index in [0.717, 1.165) is 5.69 Å². The van der Waals surface area contributed by atoms with Crippen molar-refractivity contribution >= 4 is 11.4 Å². The van der Waals surface area contributed by atoms with Crippen molar-refractivity contribution in [3.05, 3.63) is 48.5 Å². The molecule has 1 N–H and O–H groups in total. The molecule has 0 amide bonds. The summed E-state index contributed by atoms with van der Waals surface area (Å²) in [5.41, 5.74) is 1.50. The average Bonchev–Trinajstić information content (AvgIpc) is 2.38. The highest BCUT2D eigenvalue weighted by Gasteiger charge is 2.30. The quantitative estimate of drug-likeness (QED) is 0.922. The highest BCUT2D eigenvalue weighted by Crippen LogP contribution is 2.28. The molecule has 0 saturated carbocycles. The zero-order chi connectivity index (χ0) is 14.8. The van der Waals surface area contributed by atoms with Gasteiger partial charge in [-0.25, -0.2) is 0 Å². The van der Waals surface area contributed by atoms with Crippen molar-refractivity contribution in [1.82, 2.24) is 0 Å². The Bertz CT molecular complexity index is 564. The predicted molar refractivity (Wildman–Crippen MR) is 69.3 cm³/mol. The van der Waals surface area contributed by atoms with Gasteiger partial charge < -0.3 is 14.7 Å². The third-order valence-corrected chi connectivity index (χ3v) is 2.69. The van der Waals surface area contributed by atoms with Crippen LogP contribution in [0.1, 0.15) is 0 Å². The minimum atomic E-state index is -4.69. The Labute approximate surface area is 113 Å². The molecule has 0 atom stereocenters. The van der Waals surface area contributed by atoms with Gasteiger partial charge >= 0.3 is 6.36 Å². The molecule has 0 saturated heterocycles. The maximum absolute atomic E-state index is 12.0. The highest BCUT2D eigenvalue weighted by molar-refractivity contribution is 5.63. The van der Waals surface area contributed by atoms with Crippen LogP contribution in [0.25, 0.3) is 0 Å². The van der Waals surface area contributed by atoms with Crippen LogP contribution in [0.3, 0.4) is 0 Å². The van der Waals surface area contributed by atoms with E-state index in [4.69, 9.17) is 0 Å². The fourth-order valence-corrected chi connectivity index (χ4v) is 1.70. The second kappa shape index (κ2) is 5.32. The molecule has 3 nitrogen and oxygen atoms in total. The largest absolute Gasteiger partial charge is 0.573 e. The summed E-state index contributed by atoms with van der Waals surface area (Å²) in [4.78, 5) is 1.77. The Morgan fingerprint density at radius 2 is 1.35 bits per heavy atom. The standard InChI is InChI=1S/C14H12F3NO2/c1-18(10-2-6-12(19)7-3-10)11-4-8-13(9-5-11)20-14(15,16)17/h2-9,19H,1H3. The number of halogens is 3. The summed E-state index contributed by atoms with van der Waals surface area (Å²) in [6.45, 7) is 0. The summed E-state index contributed by atoms with van der Waals surface area (Å²) in [7, 11) is 1.77. The van der Waals surface area contributed by atoms with E-state index >= 15 is 0 Å². The van der Waals surface area contributed by atoms with Gasteiger partial charge in [0.15, 0.2) is 0 Å². The van der Waals surface area contributed by atoms with Crippen molar-refractivity contribution in [1.29, 1.82) is 0 Å². The second-order valence-electron chi connectivity index (χ2n) is 4.12. The summed E-state index contributed by atoms with van der Waals surface area (Å²) in [5.74, 6) is -0.114. The van der Waals surface area contributed by atoms with E-state index < -0.39 is 6.36 Å². The number of ether oxygens (including phenoxy) is 1. The molecule has 106 valence electrons. The third kappa shape index (κ3) is 3.57. The Morgan fingerprint density at radius 1 is 0.900 bits per heavy atom. The summed E-state index contributed by atoms with van der Waals surface area (Å²) >= 11 is 0. The predicted octanol–water partition coefficient (Wildman–Crippen LogP) is 4.06. The van der Waals surface area contributed by atoms with Crippen molar-refractivity contribution in [3.63, 3.8) is 0 Å². The summed E-state index contributed by atoms with van der Waals surface area (Å²) < 4.78 is 39.9. The molecular formula is C14H12F3NO2. The first-order valence-corrected chi connectivity index (χ1v) is 5.74. The lowest BCUT2D eigenvalue weighted by molar-refractivity contribution is -0.274. The molecule has 0 heterocycles. The smallest absolute Gasteiger partial charge is 0.508 e. The zero-order valence-corrected chi connectivity index (χ0v) is 10.6. The lowest BCUT2D eigenvalue weighted by Gasteiger charge is -2.20. The van der Waals surface area contributed by atoms with Gasteiger partial charge in [0.2, 0.25) is 0 Å². The van der Waals surface area contributed by atoms with E-state index in [1.54, 1.807) is 24.1 Å². The van der Waals surface area contributed by atoms with Crippen LogP contribution in [0.4, 0.5) is 24.5 Å². The molecule has 0 aliphatic carbocycles. The maximum atomic E-state index is 12.0. The fraction of sp³-hybridized carbons (Fsp3) is 0.143. The Morgan fingerprint density at radius 3 is 1.80 bits per heavy atom. The molecule has 0 aliphatic rings. The van der Waals surface area contributed by atoms with E-state index in [2.05, 4.69) is 4.74 Å². The molecule has 20 heavy (non-hydrogen) atoms. The molecule has 0 fully saturated rings. The van der Waals surface area contributed by atoms with Crippen LogP contribution in [-0.4, -0.2) is 18.5 Å². The van der Waals surface area contributed by atoms with Crippen molar-refractivity contribution < 1.29 is 23.0 Å². The van der Waals surface area contributed by atoms with Crippen LogP contribution >= 0.6 is 0 Å². The van der Waals surface area contributed by atoms with Crippen molar-refractivity contribution in [2.45, 2.75) is 6.36 Å². The Balaban J connectivity index is 2.15. The van der Waals surface area contributed by atoms with Gasteiger partial charge in [-0.15, -0.1) is 13.2 Å². The van der Waals surface area contributed by atoms with Crippen molar-refractivity contribution in [2.75, 3.05) is 11.9 Å². The number of benzene rings is 2. The van der Waals surface area contributed by atoms with Crippen molar-refractivity contribution in [3.8, 4) is 11.5 Å². The van der Waals surface area contributed by atoms with Gasteiger partial charge in [-0.3, -0.25) is 0 Å². The molecule has 2 rings (SSSR count). The van der Waals surface area contributed by atoms with Crippen LogP contribution < -0.4 is 9.64 Å². The second-order valence-corrected chi connectivity index (χ2v) is 4.12. The third-order valence-electron chi connectivity index (χ3n) is 2.69. The molecule has 2 aromatic rings. The molecule has 0 unspecified atom stereocenters. The molecule has 0 aromatic heterocycles. The lowest BCUT2D eigenvalue weighted by atomic mass is 10.2. The van der Waals surface area contributed by atoms with Crippen LogP contribution in [0.5, 0.6) is 11.5 Å². The van der Waals surface area contributed by atoms with Crippen LogP contribution in [0.15, 0.2) is 48.5 Å². The first kappa shape index (κ1) is 14.0. The van der Waals surface area contributed by atoms with Gasteiger partial charge in [0.05, 0.1) is 0 Å². The molecular weight excluding hydrogens is 271 g/mol. The summed E-state index contributed by atoms with van der Waals surface area (Å²) in [6.07, 6.45) is -4.69. The number of hydrogen-bond acceptors (Lipinski definition) is 3. The molecule has 0 radical (unpaired) electrons. The van der Waals surface area contributed by atoms with E-state index in [1.165, 1.54) is 36.4 Å². The number of hydrogen-bond donors (Lipinski definition) is 1. The average molecular weight is 283 g/mol. The van der Waals surface area contributed by atoms with Crippen LogP contribution in [0, 0.1) is 0 Å². The Hall–Kier alpha value is -2.37. The van der Waals surface area contributed by atoms with Gasteiger partial charge in [0.1, 0.15) is 11.5 Å². The summed E-state index contributed by atoms with van der Waals surface area (Å²) in [6, 6.07) is 12.0. The number of rotatable bonds is 3. The van der Waals surface area contributed by atoms with Crippen LogP contribution in [0.2, 0.25) is 0 Å². The molecule has 0 aliphatic heterocycles. The number of nitrogens with zero attached hydrogens (tertiary/aromatic N) is 1. The monoisotopic (exact) mass is 283 g/mol. The van der Waals surface area contributed by atoms with E-state index in [-0.39, 0.29) is 11.5 Å². The van der Waals surface area contributed by atoms with Gasteiger partial charge in [-0.1, -0.05) is 0 Å². The first-order chi connectivity index (χ1) is 9.35. The number of phenolic OH excluding ortho intramolecular Hbond substituents is 1. The van der Waals surface area contributed by atoms with Gasteiger partial charge in [-0.2, -0.15) is 0 Å².